The van der Waals surface area contributed by atoms with Gasteiger partial charge in [-0.05, 0) is 24.3 Å². The Balaban J connectivity index is 2.23. The molecule has 2 heterocycles. The van der Waals surface area contributed by atoms with Crippen LogP contribution >= 0.6 is 0 Å². The highest BCUT2D eigenvalue weighted by atomic mass is 32.2. The smallest absolute Gasteiger partial charge is 0.305 e. The van der Waals surface area contributed by atoms with Crippen LogP contribution in [0.15, 0.2) is 54.9 Å². The van der Waals surface area contributed by atoms with Crippen molar-refractivity contribution in [2.75, 3.05) is 23.5 Å². The Hall–Kier alpha value is -3.55. The minimum absolute atomic E-state index is 0.00565. The molecule has 0 radical (unpaired) electrons. The molecule has 3 rings (SSSR count). The molecule has 1 aromatic carbocycles. The van der Waals surface area contributed by atoms with Gasteiger partial charge < -0.3 is 4.90 Å². The molecule has 0 aliphatic carbocycles. The van der Waals surface area contributed by atoms with E-state index in [1.54, 1.807) is 0 Å². The summed E-state index contributed by atoms with van der Waals surface area (Å²) in [7, 11) is -3.75. The number of carbonyl (C=O) groups excluding carboxylic acids is 1. The van der Waals surface area contributed by atoms with Gasteiger partial charge in [0.1, 0.15) is 27.0 Å². The minimum atomic E-state index is -5.32. The fourth-order valence-corrected chi connectivity index (χ4v) is 3.71. The summed E-state index contributed by atoms with van der Waals surface area (Å²) in [5.41, 5.74) is -5.27. The SMILES string of the molecule is CS(=O)(=O)CCN(C(=O)c1cc(C(F)(F)F)nc(C(F)(F)F)c1)c1cnccc1-c1ccccc1F. The van der Waals surface area contributed by atoms with E-state index < -0.39 is 63.2 Å². The van der Waals surface area contributed by atoms with Crippen molar-refractivity contribution < 1.29 is 43.9 Å². The first kappa shape index (κ1) is 27.0. The van der Waals surface area contributed by atoms with E-state index in [1.807, 2.05) is 0 Å². The average molecular weight is 535 g/mol. The van der Waals surface area contributed by atoms with E-state index >= 15 is 0 Å². The van der Waals surface area contributed by atoms with Crippen LogP contribution in [0.2, 0.25) is 0 Å². The summed E-state index contributed by atoms with van der Waals surface area (Å²) in [5, 5.41) is 0. The third kappa shape index (κ3) is 6.36. The lowest BCUT2D eigenvalue weighted by molar-refractivity contribution is -0.150. The molecule has 0 unspecified atom stereocenters. The van der Waals surface area contributed by atoms with Crippen LogP contribution in [0.3, 0.4) is 0 Å². The fourth-order valence-electron chi connectivity index (χ4n) is 3.20. The summed E-state index contributed by atoms with van der Waals surface area (Å²) >= 11 is 0. The molecule has 0 saturated carbocycles. The molecule has 192 valence electrons. The first-order chi connectivity index (χ1) is 16.6. The summed E-state index contributed by atoms with van der Waals surface area (Å²) in [6.07, 6.45) is -7.56. The summed E-state index contributed by atoms with van der Waals surface area (Å²) in [5.74, 6) is -2.85. The fraction of sp³-hybridized carbons (Fsp3) is 0.227. The van der Waals surface area contributed by atoms with Gasteiger partial charge in [0.05, 0.1) is 17.6 Å². The summed E-state index contributed by atoms with van der Waals surface area (Å²) < 4.78 is 118. The number of hydrogen-bond acceptors (Lipinski definition) is 5. The Kier molecular flexibility index (Phi) is 7.39. The number of carbonyl (C=O) groups is 1. The lowest BCUT2D eigenvalue weighted by Crippen LogP contribution is -2.36. The molecular formula is C22H16F7N3O3S. The van der Waals surface area contributed by atoms with Crippen molar-refractivity contribution in [3.8, 4) is 11.1 Å². The van der Waals surface area contributed by atoms with Crippen LogP contribution in [0.4, 0.5) is 36.4 Å². The molecule has 14 heteroatoms. The molecule has 0 aliphatic rings. The second-order valence-electron chi connectivity index (χ2n) is 7.58. The first-order valence-corrected chi connectivity index (χ1v) is 12.0. The maximum atomic E-state index is 14.5. The number of hydrogen-bond donors (Lipinski definition) is 0. The Morgan fingerprint density at radius 3 is 2.06 bits per heavy atom. The zero-order valence-corrected chi connectivity index (χ0v) is 19.0. The van der Waals surface area contributed by atoms with Gasteiger partial charge >= 0.3 is 12.4 Å². The second-order valence-corrected chi connectivity index (χ2v) is 9.84. The predicted octanol–water partition coefficient (Wildman–Crippen LogP) is 5.01. The van der Waals surface area contributed by atoms with Gasteiger partial charge in [-0.25, -0.2) is 17.8 Å². The number of benzene rings is 1. The number of halogens is 7. The zero-order valence-electron chi connectivity index (χ0n) is 18.2. The van der Waals surface area contributed by atoms with E-state index in [1.165, 1.54) is 30.5 Å². The van der Waals surface area contributed by atoms with Crippen LogP contribution < -0.4 is 4.90 Å². The number of rotatable bonds is 6. The topological polar surface area (TPSA) is 80.2 Å². The molecule has 0 N–H and O–H groups in total. The van der Waals surface area contributed by atoms with Crippen molar-refractivity contribution in [3.63, 3.8) is 0 Å². The lowest BCUT2D eigenvalue weighted by Gasteiger charge is -2.25. The zero-order chi connectivity index (χ0) is 26.9. The molecule has 0 aliphatic heterocycles. The number of amides is 1. The molecule has 1 amide bonds. The van der Waals surface area contributed by atoms with Gasteiger partial charge in [-0.3, -0.25) is 9.78 Å². The predicted molar refractivity (Wildman–Crippen MR) is 115 cm³/mol. The molecule has 0 atom stereocenters. The van der Waals surface area contributed by atoms with Gasteiger partial charge in [0.25, 0.3) is 5.91 Å². The van der Waals surface area contributed by atoms with E-state index in [0.29, 0.717) is 4.90 Å². The molecule has 36 heavy (non-hydrogen) atoms. The number of anilines is 1. The van der Waals surface area contributed by atoms with Crippen molar-refractivity contribution in [2.45, 2.75) is 12.4 Å². The lowest BCUT2D eigenvalue weighted by atomic mass is 10.0. The van der Waals surface area contributed by atoms with Gasteiger partial charge in [-0.2, -0.15) is 26.3 Å². The van der Waals surface area contributed by atoms with Crippen LogP contribution in [-0.4, -0.2) is 42.8 Å². The first-order valence-electron chi connectivity index (χ1n) is 9.93. The van der Waals surface area contributed by atoms with E-state index in [-0.39, 0.29) is 28.9 Å². The summed E-state index contributed by atoms with van der Waals surface area (Å²) in [6.45, 7) is -0.671. The van der Waals surface area contributed by atoms with Gasteiger partial charge in [-0.1, -0.05) is 18.2 Å². The molecule has 3 aromatic rings. The summed E-state index contributed by atoms with van der Waals surface area (Å²) in [6, 6.07) is 6.77. The minimum Gasteiger partial charge on any atom is -0.305 e. The highest BCUT2D eigenvalue weighted by Gasteiger charge is 2.40. The maximum absolute atomic E-state index is 14.5. The van der Waals surface area contributed by atoms with Crippen molar-refractivity contribution in [2.24, 2.45) is 0 Å². The summed E-state index contributed by atoms with van der Waals surface area (Å²) in [4.78, 5) is 20.4. The number of aromatic nitrogens is 2. The molecule has 2 aromatic heterocycles. The molecule has 0 bridgehead atoms. The van der Waals surface area contributed by atoms with Gasteiger partial charge in [0, 0.05) is 35.7 Å². The van der Waals surface area contributed by atoms with Crippen LogP contribution in [-0.2, 0) is 22.2 Å². The van der Waals surface area contributed by atoms with Crippen LogP contribution in [0.5, 0.6) is 0 Å². The molecule has 0 spiro atoms. The van der Waals surface area contributed by atoms with Crippen molar-refractivity contribution >= 4 is 21.4 Å². The van der Waals surface area contributed by atoms with Gasteiger partial charge in [0.2, 0.25) is 0 Å². The highest BCUT2D eigenvalue weighted by Crippen LogP contribution is 2.36. The van der Waals surface area contributed by atoms with E-state index in [9.17, 15) is 43.9 Å². The number of pyridine rings is 2. The standard InChI is InChI=1S/C22H16F7N3O3S/c1-36(34,35)9-8-32(17-12-30-7-6-15(17)14-4-2-3-5-16(14)23)20(33)13-10-18(21(24,25)26)31-19(11-13)22(27,28)29/h2-7,10-12H,8-9H2,1H3. The van der Waals surface area contributed by atoms with Gasteiger partial charge in [0.15, 0.2) is 0 Å². The van der Waals surface area contributed by atoms with Crippen LogP contribution in [0, 0.1) is 5.82 Å². The molecule has 0 saturated heterocycles. The molecule has 6 nitrogen and oxygen atoms in total. The van der Waals surface area contributed by atoms with Gasteiger partial charge in [-0.15, -0.1) is 0 Å². The Labute approximate surface area is 200 Å². The quantitative estimate of drug-likeness (QED) is 0.415. The number of nitrogens with zero attached hydrogens (tertiary/aromatic N) is 3. The largest absolute Gasteiger partial charge is 0.433 e. The van der Waals surface area contributed by atoms with Crippen molar-refractivity contribution in [1.82, 2.24) is 9.97 Å². The van der Waals surface area contributed by atoms with Crippen molar-refractivity contribution in [1.29, 1.82) is 0 Å². The van der Waals surface area contributed by atoms with Crippen LogP contribution in [0.25, 0.3) is 11.1 Å². The maximum Gasteiger partial charge on any atom is 0.433 e. The second kappa shape index (κ2) is 9.84. The Morgan fingerprint density at radius 2 is 1.53 bits per heavy atom. The third-order valence-corrected chi connectivity index (χ3v) is 5.76. The molecule has 0 fully saturated rings. The third-order valence-electron chi connectivity index (χ3n) is 4.84. The average Bonchev–Trinajstić information content (AvgIpc) is 2.77. The Bertz CT molecular complexity index is 1360. The van der Waals surface area contributed by atoms with Crippen molar-refractivity contribution in [3.05, 3.63) is 77.6 Å². The van der Waals surface area contributed by atoms with Crippen LogP contribution in [0.1, 0.15) is 21.7 Å². The van der Waals surface area contributed by atoms with E-state index in [2.05, 4.69) is 9.97 Å². The van der Waals surface area contributed by atoms with E-state index in [0.717, 1.165) is 18.5 Å². The highest BCUT2D eigenvalue weighted by molar-refractivity contribution is 7.90. The van der Waals surface area contributed by atoms with E-state index in [4.69, 9.17) is 0 Å². The number of sulfone groups is 1. The normalized spacial score (nSPS) is 12.4. The molecular weight excluding hydrogens is 519 g/mol. The number of alkyl halides is 6. The monoisotopic (exact) mass is 535 g/mol. The Morgan fingerprint density at radius 1 is 0.944 bits per heavy atom.